The predicted molar refractivity (Wildman–Crippen MR) is 127 cm³/mol. The molecule has 0 saturated heterocycles. The first kappa shape index (κ1) is 21.4. The minimum absolute atomic E-state index is 0.144. The first-order chi connectivity index (χ1) is 15.0. The highest BCUT2D eigenvalue weighted by Crippen LogP contribution is 2.29. The van der Waals surface area contributed by atoms with Gasteiger partial charge in [-0.2, -0.15) is 0 Å². The van der Waals surface area contributed by atoms with Gasteiger partial charge in [0.25, 0.3) is 0 Å². The number of carbonyl (C=O) groups is 1. The molecule has 156 valence electrons. The number of thioether (sulfide) groups is 1. The predicted octanol–water partition coefficient (Wildman–Crippen LogP) is 6.28. The van der Waals surface area contributed by atoms with Gasteiger partial charge in [-0.1, -0.05) is 64.8 Å². The van der Waals surface area contributed by atoms with Crippen LogP contribution in [-0.4, -0.2) is 26.4 Å². The van der Waals surface area contributed by atoms with Gasteiger partial charge in [0.1, 0.15) is 0 Å². The lowest BCUT2D eigenvalue weighted by molar-refractivity contribution is -0.113. The maximum absolute atomic E-state index is 12.4. The molecule has 0 saturated carbocycles. The molecule has 4 rings (SSSR count). The van der Waals surface area contributed by atoms with E-state index in [0.29, 0.717) is 26.7 Å². The summed E-state index contributed by atoms with van der Waals surface area (Å²) >= 11 is 13.3. The molecule has 5 nitrogen and oxygen atoms in total. The van der Waals surface area contributed by atoms with Crippen molar-refractivity contribution in [1.82, 2.24) is 14.8 Å². The lowest BCUT2D eigenvalue weighted by Crippen LogP contribution is -2.14. The molecule has 0 atom stereocenters. The van der Waals surface area contributed by atoms with Gasteiger partial charge in [0.2, 0.25) is 5.91 Å². The number of hydrogen-bond acceptors (Lipinski definition) is 4. The average Bonchev–Trinajstić information content (AvgIpc) is 3.19. The van der Waals surface area contributed by atoms with Gasteiger partial charge in [-0.3, -0.25) is 9.36 Å². The summed E-state index contributed by atoms with van der Waals surface area (Å²) in [5.41, 5.74) is 3.65. The Kier molecular flexibility index (Phi) is 6.61. The molecule has 1 aromatic heterocycles. The molecule has 0 bridgehead atoms. The summed E-state index contributed by atoms with van der Waals surface area (Å²) in [5, 5.41) is 13.5. The average molecular weight is 469 g/mol. The topological polar surface area (TPSA) is 59.8 Å². The van der Waals surface area contributed by atoms with Crippen LogP contribution in [0, 0.1) is 6.92 Å². The van der Waals surface area contributed by atoms with Crippen molar-refractivity contribution in [2.45, 2.75) is 12.1 Å². The monoisotopic (exact) mass is 468 g/mol. The Bertz CT molecular complexity index is 1190. The number of halogens is 2. The van der Waals surface area contributed by atoms with Crippen molar-refractivity contribution in [3.8, 4) is 17.1 Å². The van der Waals surface area contributed by atoms with E-state index in [9.17, 15) is 4.79 Å². The SMILES string of the molecule is Cc1ccc(-c2nnc(SCC(=O)Nc3ccc(Cl)cc3)n2-c2ccc(Cl)cc2)cc1. The molecular formula is C23H18Cl2N4OS. The molecule has 8 heteroatoms. The Morgan fingerprint density at radius 1 is 0.903 bits per heavy atom. The molecule has 0 fully saturated rings. The zero-order chi connectivity index (χ0) is 21.8. The molecule has 0 radical (unpaired) electrons. The number of anilines is 1. The molecule has 31 heavy (non-hydrogen) atoms. The largest absolute Gasteiger partial charge is 0.325 e. The molecule has 0 aliphatic carbocycles. The third kappa shape index (κ3) is 5.28. The second-order valence-corrected chi connectivity index (χ2v) is 8.64. The summed E-state index contributed by atoms with van der Waals surface area (Å²) in [5.74, 6) is 0.736. The number of amides is 1. The van der Waals surface area contributed by atoms with Crippen LogP contribution in [-0.2, 0) is 4.79 Å². The Balaban J connectivity index is 1.59. The fourth-order valence-electron chi connectivity index (χ4n) is 2.94. The second-order valence-electron chi connectivity index (χ2n) is 6.83. The van der Waals surface area contributed by atoms with Crippen molar-refractivity contribution in [2.24, 2.45) is 0 Å². The van der Waals surface area contributed by atoms with Crippen molar-refractivity contribution in [3.63, 3.8) is 0 Å². The van der Waals surface area contributed by atoms with Crippen molar-refractivity contribution in [2.75, 3.05) is 11.1 Å². The van der Waals surface area contributed by atoms with Crippen LogP contribution in [0.1, 0.15) is 5.56 Å². The van der Waals surface area contributed by atoms with E-state index in [4.69, 9.17) is 23.2 Å². The zero-order valence-electron chi connectivity index (χ0n) is 16.5. The molecular weight excluding hydrogens is 451 g/mol. The summed E-state index contributed by atoms with van der Waals surface area (Å²) in [6.07, 6.45) is 0. The molecule has 1 heterocycles. The van der Waals surface area contributed by atoms with Gasteiger partial charge in [0.05, 0.1) is 5.75 Å². The van der Waals surface area contributed by atoms with E-state index in [1.165, 1.54) is 11.8 Å². The molecule has 1 N–H and O–H groups in total. The highest BCUT2D eigenvalue weighted by Gasteiger charge is 2.17. The number of rotatable bonds is 6. The van der Waals surface area contributed by atoms with Gasteiger partial charge in [-0.05, 0) is 55.5 Å². The van der Waals surface area contributed by atoms with Crippen LogP contribution < -0.4 is 5.32 Å². The van der Waals surface area contributed by atoms with Gasteiger partial charge in [0, 0.05) is 27.0 Å². The lowest BCUT2D eigenvalue weighted by atomic mass is 10.1. The van der Waals surface area contributed by atoms with E-state index in [1.807, 2.05) is 60.0 Å². The quantitative estimate of drug-likeness (QED) is 0.338. The standard InChI is InChI=1S/C23H18Cl2N4OS/c1-15-2-4-16(5-3-15)22-27-28-23(29(22)20-12-8-18(25)9-13-20)31-14-21(30)26-19-10-6-17(24)7-11-19/h2-13H,14H2,1H3,(H,26,30). The van der Waals surface area contributed by atoms with Crippen LogP contribution in [0.4, 0.5) is 5.69 Å². The van der Waals surface area contributed by atoms with Crippen molar-refractivity contribution in [3.05, 3.63) is 88.4 Å². The summed E-state index contributed by atoms with van der Waals surface area (Å²) < 4.78 is 1.93. The highest BCUT2D eigenvalue weighted by molar-refractivity contribution is 7.99. The van der Waals surface area contributed by atoms with Gasteiger partial charge in [-0.15, -0.1) is 10.2 Å². The molecule has 0 aliphatic heterocycles. The van der Waals surface area contributed by atoms with Crippen molar-refractivity contribution < 1.29 is 4.79 Å². The van der Waals surface area contributed by atoms with E-state index >= 15 is 0 Å². The third-order valence-electron chi connectivity index (χ3n) is 4.49. The van der Waals surface area contributed by atoms with Crippen LogP contribution in [0.15, 0.2) is 78.0 Å². The van der Waals surface area contributed by atoms with Crippen LogP contribution in [0.25, 0.3) is 17.1 Å². The van der Waals surface area contributed by atoms with Crippen molar-refractivity contribution in [1.29, 1.82) is 0 Å². The number of nitrogens with zero attached hydrogens (tertiary/aromatic N) is 3. The van der Waals surface area contributed by atoms with E-state index in [0.717, 1.165) is 16.8 Å². The Morgan fingerprint density at radius 3 is 2.16 bits per heavy atom. The van der Waals surface area contributed by atoms with Crippen molar-refractivity contribution >= 4 is 46.6 Å². The van der Waals surface area contributed by atoms with Crippen LogP contribution in [0.2, 0.25) is 10.0 Å². The Labute approximate surface area is 194 Å². The normalized spacial score (nSPS) is 10.8. The fraction of sp³-hybridized carbons (Fsp3) is 0.0870. The zero-order valence-corrected chi connectivity index (χ0v) is 18.9. The number of aryl methyl sites for hydroxylation is 1. The van der Waals surface area contributed by atoms with Gasteiger partial charge >= 0.3 is 0 Å². The summed E-state index contributed by atoms with van der Waals surface area (Å²) in [6, 6.07) is 22.5. The third-order valence-corrected chi connectivity index (χ3v) is 5.92. The first-order valence-corrected chi connectivity index (χ1v) is 11.2. The molecule has 4 aromatic rings. The van der Waals surface area contributed by atoms with Crippen LogP contribution in [0.3, 0.4) is 0 Å². The number of benzene rings is 3. The van der Waals surface area contributed by atoms with Crippen LogP contribution >= 0.6 is 35.0 Å². The van der Waals surface area contributed by atoms with E-state index in [-0.39, 0.29) is 11.7 Å². The summed E-state index contributed by atoms with van der Waals surface area (Å²) in [4.78, 5) is 12.4. The molecule has 0 unspecified atom stereocenters. The van der Waals surface area contributed by atoms with E-state index in [2.05, 4.69) is 15.5 Å². The summed E-state index contributed by atoms with van der Waals surface area (Å²) in [6.45, 7) is 2.04. The lowest BCUT2D eigenvalue weighted by Gasteiger charge is -2.11. The maximum Gasteiger partial charge on any atom is 0.234 e. The maximum atomic E-state index is 12.4. The molecule has 1 amide bonds. The van der Waals surface area contributed by atoms with E-state index < -0.39 is 0 Å². The van der Waals surface area contributed by atoms with E-state index in [1.54, 1.807) is 24.3 Å². The van der Waals surface area contributed by atoms with Gasteiger partial charge in [0.15, 0.2) is 11.0 Å². The highest BCUT2D eigenvalue weighted by atomic mass is 35.5. The number of carbonyl (C=O) groups excluding carboxylic acids is 1. The second kappa shape index (κ2) is 9.56. The number of aromatic nitrogens is 3. The van der Waals surface area contributed by atoms with Gasteiger partial charge < -0.3 is 5.32 Å². The fourth-order valence-corrected chi connectivity index (χ4v) is 3.94. The first-order valence-electron chi connectivity index (χ1n) is 9.46. The number of nitrogens with one attached hydrogen (secondary N) is 1. The summed E-state index contributed by atoms with van der Waals surface area (Å²) in [7, 11) is 0. The smallest absolute Gasteiger partial charge is 0.234 e. The van der Waals surface area contributed by atoms with Gasteiger partial charge in [-0.25, -0.2) is 0 Å². The van der Waals surface area contributed by atoms with Crippen LogP contribution in [0.5, 0.6) is 0 Å². The Morgan fingerprint density at radius 2 is 1.52 bits per heavy atom. The minimum Gasteiger partial charge on any atom is -0.325 e. The number of hydrogen-bond donors (Lipinski definition) is 1. The minimum atomic E-state index is -0.144. The molecule has 0 aliphatic rings. The molecule has 3 aromatic carbocycles. The molecule has 0 spiro atoms. The Hall–Kier alpha value is -2.80.